The van der Waals surface area contributed by atoms with Crippen LogP contribution in [0.1, 0.15) is 43.5 Å². The second kappa shape index (κ2) is 6.04. The van der Waals surface area contributed by atoms with Crippen molar-refractivity contribution in [2.45, 2.75) is 39.2 Å². The smallest absolute Gasteiger partial charge is 0.254 e. The second-order valence-electron chi connectivity index (χ2n) is 5.31. The first-order valence-corrected chi connectivity index (χ1v) is 7.58. The summed E-state index contributed by atoms with van der Waals surface area (Å²) < 4.78 is 14.4. The Morgan fingerprint density at radius 3 is 2.84 bits per heavy atom. The highest BCUT2D eigenvalue weighted by molar-refractivity contribution is 9.10. The number of carbonyl (C=O) groups is 1. The van der Waals surface area contributed by atoms with Crippen molar-refractivity contribution in [1.82, 2.24) is 5.32 Å². The van der Waals surface area contributed by atoms with E-state index in [1.165, 1.54) is 12.1 Å². The molecule has 19 heavy (non-hydrogen) atoms. The SMILES string of the molecule is CCC1CCC(NC(=O)c2cc(Br)ccc2F)C1C. The van der Waals surface area contributed by atoms with Gasteiger partial charge in [-0.1, -0.05) is 36.2 Å². The quantitative estimate of drug-likeness (QED) is 0.888. The summed E-state index contributed by atoms with van der Waals surface area (Å²) in [6.45, 7) is 4.35. The zero-order chi connectivity index (χ0) is 14.0. The molecule has 1 amide bonds. The van der Waals surface area contributed by atoms with E-state index >= 15 is 0 Å². The molecule has 2 nitrogen and oxygen atoms in total. The molecule has 104 valence electrons. The van der Waals surface area contributed by atoms with Crippen LogP contribution in [0.3, 0.4) is 0 Å². The Hall–Kier alpha value is -0.900. The van der Waals surface area contributed by atoms with Crippen LogP contribution in [-0.2, 0) is 0 Å². The van der Waals surface area contributed by atoms with E-state index in [2.05, 4.69) is 35.1 Å². The summed E-state index contributed by atoms with van der Waals surface area (Å²) in [5.41, 5.74) is 0.113. The Bertz CT molecular complexity index is 477. The zero-order valence-electron chi connectivity index (χ0n) is 11.2. The third kappa shape index (κ3) is 3.16. The van der Waals surface area contributed by atoms with Crippen LogP contribution in [0.15, 0.2) is 22.7 Å². The predicted molar refractivity (Wildman–Crippen MR) is 77.5 cm³/mol. The van der Waals surface area contributed by atoms with Crippen molar-refractivity contribution in [2.75, 3.05) is 0 Å². The van der Waals surface area contributed by atoms with Crippen LogP contribution >= 0.6 is 15.9 Å². The molecule has 1 aromatic carbocycles. The van der Waals surface area contributed by atoms with Gasteiger partial charge in [-0.15, -0.1) is 0 Å². The number of amides is 1. The second-order valence-corrected chi connectivity index (χ2v) is 6.22. The Balaban J connectivity index is 2.07. The molecule has 1 aliphatic rings. The molecule has 0 heterocycles. The molecule has 1 aromatic rings. The number of rotatable bonds is 3. The first-order valence-electron chi connectivity index (χ1n) is 6.78. The average Bonchev–Trinajstić information content (AvgIpc) is 2.73. The highest BCUT2D eigenvalue weighted by Gasteiger charge is 2.32. The number of hydrogen-bond donors (Lipinski definition) is 1. The zero-order valence-corrected chi connectivity index (χ0v) is 12.8. The van der Waals surface area contributed by atoms with Gasteiger partial charge in [0.25, 0.3) is 5.91 Å². The maximum atomic E-state index is 13.7. The van der Waals surface area contributed by atoms with E-state index < -0.39 is 5.82 Å². The third-order valence-electron chi connectivity index (χ3n) is 4.24. The lowest BCUT2D eigenvalue weighted by Gasteiger charge is -2.21. The van der Waals surface area contributed by atoms with Crippen LogP contribution in [0.25, 0.3) is 0 Å². The molecule has 0 saturated heterocycles. The minimum absolute atomic E-state index is 0.113. The molecule has 0 aliphatic heterocycles. The van der Waals surface area contributed by atoms with Gasteiger partial charge in [0.2, 0.25) is 0 Å². The van der Waals surface area contributed by atoms with Gasteiger partial charge in [0.15, 0.2) is 0 Å². The topological polar surface area (TPSA) is 29.1 Å². The van der Waals surface area contributed by atoms with Gasteiger partial charge in [-0.3, -0.25) is 4.79 Å². The van der Waals surface area contributed by atoms with Crippen molar-refractivity contribution in [3.05, 3.63) is 34.1 Å². The summed E-state index contributed by atoms with van der Waals surface area (Å²) in [7, 11) is 0. The molecule has 1 aliphatic carbocycles. The highest BCUT2D eigenvalue weighted by atomic mass is 79.9. The van der Waals surface area contributed by atoms with Crippen molar-refractivity contribution in [2.24, 2.45) is 11.8 Å². The third-order valence-corrected chi connectivity index (χ3v) is 4.73. The Morgan fingerprint density at radius 2 is 2.21 bits per heavy atom. The van der Waals surface area contributed by atoms with Crippen LogP contribution in [0.4, 0.5) is 4.39 Å². The standard InChI is InChI=1S/C15H19BrFNO/c1-3-10-4-7-14(9(10)2)18-15(19)12-8-11(16)5-6-13(12)17/h5-6,8-10,14H,3-4,7H2,1-2H3,(H,18,19). The van der Waals surface area contributed by atoms with Gasteiger partial charge in [0.1, 0.15) is 5.82 Å². The van der Waals surface area contributed by atoms with Gasteiger partial charge >= 0.3 is 0 Å². The molecule has 1 N–H and O–H groups in total. The van der Waals surface area contributed by atoms with E-state index in [-0.39, 0.29) is 17.5 Å². The molecule has 0 bridgehead atoms. The van der Waals surface area contributed by atoms with E-state index in [1.807, 2.05) is 0 Å². The fourth-order valence-electron chi connectivity index (χ4n) is 2.95. The van der Waals surface area contributed by atoms with Gasteiger partial charge in [-0.25, -0.2) is 4.39 Å². The molecule has 3 unspecified atom stereocenters. The fraction of sp³-hybridized carbons (Fsp3) is 0.533. The van der Waals surface area contributed by atoms with Crippen LogP contribution < -0.4 is 5.32 Å². The lowest BCUT2D eigenvalue weighted by Crippen LogP contribution is -2.37. The molecule has 0 radical (unpaired) electrons. The van der Waals surface area contributed by atoms with Crippen LogP contribution in [0.5, 0.6) is 0 Å². The minimum Gasteiger partial charge on any atom is -0.349 e. The summed E-state index contributed by atoms with van der Waals surface area (Å²) in [4.78, 5) is 12.1. The van der Waals surface area contributed by atoms with Crippen LogP contribution in [0.2, 0.25) is 0 Å². The van der Waals surface area contributed by atoms with Crippen molar-refractivity contribution in [3.63, 3.8) is 0 Å². The molecule has 2 rings (SSSR count). The maximum Gasteiger partial charge on any atom is 0.254 e. The first-order chi connectivity index (χ1) is 9.02. The number of nitrogens with one attached hydrogen (secondary N) is 1. The van der Waals surface area contributed by atoms with Crippen molar-refractivity contribution in [1.29, 1.82) is 0 Å². The molecular weight excluding hydrogens is 309 g/mol. The van der Waals surface area contributed by atoms with Gasteiger partial charge in [-0.2, -0.15) is 0 Å². The lowest BCUT2D eigenvalue weighted by molar-refractivity contribution is 0.0922. The monoisotopic (exact) mass is 327 g/mol. The summed E-state index contributed by atoms with van der Waals surface area (Å²) >= 11 is 3.26. The molecular formula is C15H19BrFNO. The van der Waals surface area contributed by atoms with Crippen LogP contribution in [-0.4, -0.2) is 11.9 Å². The number of benzene rings is 1. The van der Waals surface area contributed by atoms with Crippen molar-refractivity contribution in [3.8, 4) is 0 Å². The minimum atomic E-state index is -0.474. The maximum absolute atomic E-state index is 13.7. The summed E-state index contributed by atoms with van der Waals surface area (Å²) in [5.74, 6) is 0.340. The average molecular weight is 328 g/mol. The molecule has 3 atom stereocenters. The van der Waals surface area contributed by atoms with Crippen LogP contribution in [0, 0.1) is 17.7 Å². The lowest BCUT2D eigenvalue weighted by atomic mass is 9.93. The van der Waals surface area contributed by atoms with E-state index in [9.17, 15) is 9.18 Å². The largest absolute Gasteiger partial charge is 0.349 e. The number of hydrogen-bond acceptors (Lipinski definition) is 1. The highest BCUT2D eigenvalue weighted by Crippen LogP contribution is 2.34. The molecule has 1 saturated carbocycles. The molecule has 0 spiro atoms. The van der Waals surface area contributed by atoms with Gasteiger partial charge in [-0.05, 0) is 42.9 Å². The molecule has 0 aromatic heterocycles. The predicted octanol–water partition coefficient (Wildman–Crippen LogP) is 4.14. The Labute approximate surface area is 121 Å². The van der Waals surface area contributed by atoms with Gasteiger partial charge in [0.05, 0.1) is 5.56 Å². The van der Waals surface area contributed by atoms with E-state index in [4.69, 9.17) is 0 Å². The summed E-state index contributed by atoms with van der Waals surface area (Å²) in [5, 5.41) is 2.98. The molecule has 1 fully saturated rings. The van der Waals surface area contributed by atoms with E-state index in [0.717, 1.165) is 19.3 Å². The summed E-state index contributed by atoms with van der Waals surface area (Å²) in [6.07, 6.45) is 3.27. The van der Waals surface area contributed by atoms with Gasteiger partial charge < -0.3 is 5.32 Å². The Kier molecular flexibility index (Phi) is 4.61. The van der Waals surface area contributed by atoms with Crippen molar-refractivity contribution < 1.29 is 9.18 Å². The Morgan fingerprint density at radius 1 is 1.47 bits per heavy atom. The summed E-state index contributed by atoms with van der Waals surface area (Å²) in [6, 6.07) is 4.60. The number of halogens is 2. The normalized spacial score (nSPS) is 26.4. The molecule has 4 heteroatoms. The van der Waals surface area contributed by atoms with E-state index in [1.54, 1.807) is 6.07 Å². The van der Waals surface area contributed by atoms with Gasteiger partial charge in [0, 0.05) is 10.5 Å². The van der Waals surface area contributed by atoms with Crippen molar-refractivity contribution >= 4 is 21.8 Å². The van der Waals surface area contributed by atoms with E-state index in [0.29, 0.717) is 16.3 Å². The first kappa shape index (κ1) is 14.5. The fourth-order valence-corrected chi connectivity index (χ4v) is 3.31. The number of carbonyl (C=O) groups excluding carboxylic acids is 1.